The van der Waals surface area contributed by atoms with Gasteiger partial charge in [-0.3, -0.25) is 35.3 Å². The number of alkyl halides is 3. The number of hydrogen-bond acceptors (Lipinski definition) is 5. The van der Waals surface area contributed by atoms with E-state index in [4.69, 9.17) is 0 Å². The Morgan fingerprint density at radius 3 is 1.88 bits per heavy atom. The highest BCUT2D eigenvalue weighted by molar-refractivity contribution is 6.05. The van der Waals surface area contributed by atoms with Gasteiger partial charge in [-0.05, 0) is 48.5 Å². The largest absolute Gasteiger partial charge is 0.416 e. The van der Waals surface area contributed by atoms with Crippen LogP contribution in [0.25, 0.3) is 0 Å². The highest BCUT2D eigenvalue weighted by atomic mass is 19.4. The van der Waals surface area contributed by atoms with Crippen LogP contribution in [0.5, 0.6) is 0 Å². The molecule has 3 aromatic rings. The van der Waals surface area contributed by atoms with Crippen molar-refractivity contribution in [1.82, 2.24) is 10.9 Å². The molecule has 174 valence electrons. The number of halogens is 3. The lowest BCUT2D eigenvalue weighted by molar-refractivity contribution is -0.384. The van der Waals surface area contributed by atoms with E-state index >= 15 is 0 Å². The molecule has 0 fully saturated rings. The lowest BCUT2D eigenvalue weighted by Crippen LogP contribution is -2.41. The average Bonchev–Trinajstić information content (AvgIpc) is 2.82. The summed E-state index contributed by atoms with van der Waals surface area (Å²) >= 11 is 0. The van der Waals surface area contributed by atoms with Crippen LogP contribution in [-0.2, 0) is 6.18 Å². The average molecular weight is 472 g/mol. The fourth-order valence-electron chi connectivity index (χ4n) is 2.77. The van der Waals surface area contributed by atoms with Crippen molar-refractivity contribution in [2.24, 2.45) is 0 Å². The Kier molecular flexibility index (Phi) is 6.90. The molecule has 3 rings (SSSR count). The van der Waals surface area contributed by atoms with Crippen molar-refractivity contribution in [3.05, 3.63) is 105 Å². The minimum Gasteiger partial charge on any atom is -0.322 e. The van der Waals surface area contributed by atoms with Gasteiger partial charge in [0.15, 0.2) is 0 Å². The highest BCUT2D eigenvalue weighted by Gasteiger charge is 2.30. The van der Waals surface area contributed by atoms with E-state index in [0.29, 0.717) is 6.07 Å². The molecule has 34 heavy (non-hydrogen) atoms. The molecule has 0 bridgehead atoms. The molecule has 0 radical (unpaired) electrons. The SMILES string of the molecule is O=C(NNC(=O)c1cccc(NC(=O)c2cccc(C(F)(F)F)c2)c1)c1ccc([N+](=O)[O-])cc1. The van der Waals surface area contributed by atoms with Gasteiger partial charge in [0.2, 0.25) is 0 Å². The number of nitrogens with one attached hydrogen (secondary N) is 3. The van der Waals surface area contributed by atoms with E-state index in [1.165, 1.54) is 42.5 Å². The normalized spacial score (nSPS) is 10.8. The van der Waals surface area contributed by atoms with Crippen LogP contribution in [0.15, 0.2) is 72.8 Å². The summed E-state index contributed by atoms with van der Waals surface area (Å²) in [5.74, 6) is -2.28. The van der Waals surface area contributed by atoms with Gasteiger partial charge in [-0.15, -0.1) is 0 Å². The van der Waals surface area contributed by atoms with Gasteiger partial charge in [0.05, 0.1) is 10.5 Å². The Labute approximate surface area is 189 Å². The van der Waals surface area contributed by atoms with Gasteiger partial charge in [-0.2, -0.15) is 13.2 Å². The van der Waals surface area contributed by atoms with Crippen molar-refractivity contribution in [2.45, 2.75) is 6.18 Å². The maximum atomic E-state index is 12.9. The number of hydrazine groups is 1. The molecule has 3 aromatic carbocycles. The minimum absolute atomic E-state index is 0.0332. The minimum atomic E-state index is -4.60. The molecule has 0 aliphatic carbocycles. The van der Waals surface area contributed by atoms with Crippen molar-refractivity contribution in [2.75, 3.05) is 5.32 Å². The summed E-state index contributed by atoms with van der Waals surface area (Å²) in [7, 11) is 0. The van der Waals surface area contributed by atoms with Crippen molar-refractivity contribution >= 4 is 29.1 Å². The number of nitrogens with zero attached hydrogens (tertiary/aromatic N) is 1. The van der Waals surface area contributed by atoms with Crippen LogP contribution in [-0.4, -0.2) is 22.6 Å². The molecule has 0 aliphatic rings. The molecule has 0 aliphatic heterocycles. The Morgan fingerprint density at radius 1 is 0.735 bits per heavy atom. The van der Waals surface area contributed by atoms with Crippen molar-refractivity contribution in [1.29, 1.82) is 0 Å². The number of rotatable bonds is 5. The molecular weight excluding hydrogens is 457 g/mol. The lowest BCUT2D eigenvalue weighted by Gasteiger charge is -2.11. The van der Waals surface area contributed by atoms with Crippen LogP contribution in [0.1, 0.15) is 36.6 Å². The zero-order chi connectivity index (χ0) is 24.9. The molecule has 0 spiro atoms. The Bertz CT molecular complexity index is 1260. The van der Waals surface area contributed by atoms with Crippen LogP contribution in [0.2, 0.25) is 0 Å². The summed E-state index contributed by atoms with van der Waals surface area (Å²) in [4.78, 5) is 46.8. The van der Waals surface area contributed by atoms with Crippen LogP contribution >= 0.6 is 0 Å². The number of non-ortho nitro benzene ring substituents is 1. The monoisotopic (exact) mass is 472 g/mol. The molecule has 0 unspecified atom stereocenters. The first-order chi connectivity index (χ1) is 16.0. The molecule has 0 atom stereocenters. The van der Waals surface area contributed by atoms with E-state index in [2.05, 4.69) is 16.2 Å². The fraction of sp³-hybridized carbons (Fsp3) is 0.0455. The third-order valence-electron chi connectivity index (χ3n) is 4.46. The second kappa shape index (κ2) is 9.81. The smallest absolute Gasteiger partial charge is 0.322 e. The summed E-state index contributed by atoms with van der Waals surface area (Å²) in [6.45, 7) is 0. The maximum Gasteiger partial charge on any atom is 0.416 e. The van der Waals surface area contributed by atoms with Crippen LogP contribution in [0.3, 0.4) is 0 Å². The molecular formula is C22H15F3N4O5. The Hall–Kier alpha value is -4.74. The topological polar surface area (TPSA) is 130 Å². The molecule has 3 N–H and O–H groups in total. The quantitative estimate of drug-likeness (QED) is 0.383. The van der Waals surface area contributed by atoms with E-state index in [0.717, 1.165) is 24.3 Å². The summed E-state index contributed by atoms with van der Waals surface area (Å²) in [6, 6.07) is 14.1. The number of anilines is 1. The van der Waals surface area contributed by atoms with Crippen LogP contribution in [0, 0.1) is 10.1 Å². The number of nitro groups is 1. The third-order valence-corrected chi connectivity index (χ3v) is 4.46. The number of benzene rings is 3. The van der Waals surface area contributed by atoms with E-state index in [-0.39, 0.29) is 28.1 Å². The molecule has 0 saturated carbocycles. The molecule has 3 amide bonds. The first-order valence-corrected chi connectivity index (χ1v) is 9.48. The number of hydrogen-bond donors (Lipinski definition) is 3. The number of carbonyl (C=O) groups is 3. The zero-order valence-corrected chi connectivity index (χ0v) is 17.1. The fourth-order valence-corrected chi connectivity index (χ4v) is 2.77. The second-order valence-corrected chi connectivity index (χ2v) is 6.83. The highest BCUT2D eigenvalue weighted by Crippen LogP contribution is 2.29. The number of carbonyl (C=O) groups excluding carboxylic acids is 3. The second-order valence-electron chi connectivity index (χ2n) is 6.83. The van der Waals surface area contributed by atoms with E-state index < -0.39 is 34.4 Å². The van der Waals surface area contributed by atoms with E-state index in [1.54, 1.807) is 0 Å². The molecule has 0 aromatic heterocycles. The van der Waals surface area contributed by atoms with Gasteiger partial charge in [0.1, 0.15) is 0 Å². The van der Waals surface area contributed by atoms with Crippen molar-refractivity contribution in [3.8, 4) is 0 Å². The standard InChI is InChI=1S/C22H15F3N4O5/c23-22(24,25)16-5-1-3-14(11-16)19(30)26-17-6-2-4-15(12-17)21(32)28-27-20(31)13-7-9-18(10-8-13)29(33)34/h1-12H,(H,26,30)(H,27,31)(H,28,32). The van der Waals surface area contributed by atoms with E-state index in [9.17, 15) is 37.7 Å². The Morgan fingerprint density at radius 2 is 1.29 bits per heavy atom. The van der Waals surface area contributed by atoms with Gasteiger partial charge >= 0.3 is 6.18 Å². The third kappa shape index (κ3) is 5.94. The molecule has 0 heterocycles. The van der Waals surface area contributed by atoms with Crippen molar-refractivity contribution < 1.29 is 32.5 Å². The predicted molar refractivity (Wildman–Crippen MR) is 114 cm³/mol. The van der Waals surface area contributed by atoms with Crippen molar-refractivity contribution in [3.63, 3.8) is 0 Å². The summed E-state index contributed by atoms with van der Waals surface area (Å²) < 4.78 is 38.6. The van der Waals surface area contributed by atoms with Gasteiger partial charge < -0.3 is 5.32 Å². The van der Waals surface area contributed by atoms with Crippen LogP contribution < -0.4 is 16.2 Å². The summed E-state index contributed by atoms with van der Waals surface area (Å²) in [6.07, 6.45) is -4.60. The molecule has 9 nitrogen and oxygen atoms in total. The Balaban J connectivity index is 1.63. The first-order valence-electron chi connectivity index (χ1n) is 9.48. The predicted octanol–water partition coefficient (Wildman–Crippen LogP) is 3.94. The zero-order valence-electron chi connectivity index (χ0n) is 17.1. The summed E-state index contributed by atoms with van der Waals surface area (Å²) in [5.41, 5.74) is 3.14. The molecule has 0 saturated heterocycles. The van der Waals surface area contributed by atoms with Gasteiger partial charge in [0, 0.05) is 34.5 Å². The van der Waals surface area contributed by atoms with Gasteiger partial charge in [-0.25, -0.2) is 0 Å². The lowest BCUT2D eigenvalue weighted by atomic mass is 10.1. The maximum absolute atomic E-state index is 12.9. The summed E-state index contributed by atoms with van der Waals surface area (Å²) in [5, 5.41) is 13.1. The number of amides is 3. The van der Waals surface area contributed by atoms with E-state index in [1.807, 2.05) is 0 Å². The van der Waals surface area contributed by atoms with Gasteiger partial charge in [0.25, 0.3) is 23.4 Å². The van der Waals surface area contributed by atoms with Crippen LogP contribution in [0.4, 0.5) is 24.5 Å². The van der Waals surface area contributed by atoms with Gasteiger partial charge in [-0.1, -0.05) is 12.1 Å². The first kappa shape index (κ1) is 23.9. The molecule has 12 heteroatoms. The number of nitro benzene ring substituents is 1.